The molecule has 1 aromatic rings. The van der Waals surface area contributed by atoms with Crippen molar-refractivity contribution in [3.05, 3.63) is 35.9 Å². The van der Waals surface area contributed by atoms with E-state index in [0.29, 0.717) is 0 Å². The first-order valence-corrected chi connectivity index (χ1v) is 6.11. The minimum absolute atomic E-state index is 0.266. The molecule has 0 fully saturated rings. The Morgan fingerprint density at radius 1 is 1.33 bits per heavy atom. The van der Waals surface area contributed by atoms with Gasteiger partial charge in [0.25, 0.3) is 0 Å². The van der Waals surface area contributed by atoms with E-state index in [1.54, 1.807) is 0 Å². The fourth-order valence-electron chi connectivity index (χ4n) is 0.986. The molecule has 0 saturated heterocycles. The standard InChI is InChI=1S/C9H13N.H4NO3P/c1-8(10)7-9-5-3-2-4-6-9;1-5(2,3)4/h2-6,8H,7,10H2,1H3;(H4,1,2,3,4). The predicted octanol–water partition coefficient (Wildman–Crippen LogP) is 0.614. The molecule has 6 N–H and O–H groups in total. The van der Waals surface area contributed by atoms with E-state index in [9.17, 15) is 0 Å². The maximum Gasteiger partial charge on any atom is 0.397 e. The summed E-state index contributed by atoms with van der Waals surface area (Å²) in [4.78, 5) is 14.8. The van der Waals surface area contributed by atoms with Crippen molar-refractivity contribution in [2.75, 3.05) is 0 Å². The van der Waals surface area contributed by atoms with Crippen LogP contribution in [0.3, 0.4) is 0 Å². The molecule has 0 aliphatic rings. The quantitative estimate of drug-likeness (QED) is 0.558. The molecule has 1 unspecified atom stereocenters. The maximum atomic E-state index is 9.10. The van der Waals surface area contributed by atoms with Gasteiger partial charge in [-0.2, -0.15) is 0 Å². The molecule has 0 heterocycles. The molecule has 86 valence electrons. The molecule has 0 aliphatic carbocycles. The molecule has 0 radical (unpaired) electrons. The van der Waals surface area contributed by atoms with Gasteiger partial charge in [0, 0.05) is 6.04 Å². The lowest BCUT2D eigenvalue weighted by atomic mass is 10.1. The van der Waals surface area contributed by atoms with Gasteiger partial charge in [0.05, 0.1) is 0 Å². The molecule has 1 aromatic carbocycles. The lowest BCUT2D eigenvalue weighted by Crippen LogP contribution is -2.17. The van der Waals surface area contributed by atoms with E-state index in [4.69, 9.17) is 20.1 Å². The van der Waals surface area contributed by atoms with Crippen LogP contribution < -0.4 is 11.2 Å². The number of hydrogen-bond donors (Lipinski definition) is 4. The molecular formula is C9H17N2O3P. The molecule has 0 saturated carbocycles. The minimum atomic E-state index is -4.14. The van der Waals surface area contributed by atoms with Crippen LogP contribution >= 0.6 is 7.75 Å². The van der Waals surface area contributed by atoms with Gasteiger partial charge in [-0.3, -0.25) is 0 Å². The summed E-state index contributed by atoms with van der Waals surface area (Å²) in [5.41, 5.74) is 11.0. The molecule has 15 heavy (non-hydrogen) atoms. The largest absolute Gasteiger partial charge is 0.397 e. The Bertz CT molecular complexity index is 302. The van der Waals surface area contributed by atoms with Gasteiger partial charge in [0.2, 0.25) is 0 Å². The molecule has 5 nitrogen and oxygen atoms in total. The zero-order chi connectivity index (χ0) is 11.9. The van der Waals surface area contributed by atoms with Crippen LogP contribution in [0.2, 0.25) is 0 Å². The van der Waals surface area contributed by atoms with Crippen LogP contribution in [0.5, 0.6) is 0 Å². The Morgan fingerprint density at radius 3 is 2.07 bits per heavy atom. The van der Waals surface area contributed by atoms with Crippen LogP contribution in [0.15, 0.2) is 30.3 Å². The first-order valence-electron chi connectivity index (χ1n) is 4.42. The van der Waals surface area contributed by atoms with Crippen LogP contribution in [0.4, 0.5) is 0 Å². The molecule has 0 spiro atoms. The van der Waals surface area contributed by atoms with E-state index in [2.05, 4.69) is 17.6 Å². The van der Waals surface area contributed by atoms with Crippen molar-refractivity contribution >= 4 is 7.75 Å². The smallest absolute Gasteiger partial charge is 0.328 e. The highest BCUT2D eigenvalue weighted by atomic mass is 31.2. The summed E-state index contributed by atoms with van der Waals surface area (Å²) in [6.07, 6.45) is 0.973. The highest BCUT2D eigenvalue weighted by molar-refractivity contribution is 7.49. The van der Waals surface area contributed by atoms with Crippen LogP contribution in [-0.2, 0) is 11.0 Å². The fourth-order valence-corrected chi connectivity index (χ4v) is 0.986. The maximum absolute atomic E-state index is 9.10. The summed E-state index contributed by atoms with van der Waals surface area (Å²) in [6, 6.07) is 10.6. The van der Waals surface area contributed by atoms with Crippen molar-refractivity contribution in [2.45, 2.75) is 19.4 Å². The van der Waals surface area contributed by atoms with Crippen molar-refractivity contribution in [1.82, 2.24) is 0 Å². The highest BCUT2D eigenvalue weighted by Crippen LogP contribution is 2.20. The molecular weight excluding hydrogens is 215 g/mol. The highest BCUT2D eigenvalue weighted by Gasteiger charge is 1.96. The fraction of sp³-hybridized carbons (Fsp3) is 0.333. The van der Waals surface area contributed by atoms with Gasteiger partial charge in [0.15, 0.2) is 0 Å². The molecule has 1 atom stereocenters. The second-order valence-corrected chi connectivity index (χ2v) is 4.43. The normalized spacial score (nSPS) is 12.6. The molecule has 0 aliphatic heterocycles. The molecule has 0 aromatic heterocycles. The second-order valence-electron chi connectivity index (χ2n) is 3.26. The Morgan fingerprint density at radius 2 is 1.73 bits per heavy atom. The van der Waals surface area contributed by atoms with E-state index >= 15 is 0 Å². The number of nitrogens with two attached hydrogens (primary N) is 2. The average Bonchev–Trinajstić information content (AvgIpc) is 2.01. The van der Waals surface area contributed by atoms with Crippen molar-refractivity contribution in [2.24, 2.45) is 11.2 Å². The minimum Gasteiger partial charge on any atom is -0.328 e. The third-order valence-electron chi connectivity index (χ3n) is 1.40. The summed E-state index contributed by atoms with van der Waals surface area (Å²) in [5, 5.41) is 0. The number of benzene rings is 1. The predicted molar refractivity (Wildman–Crippen MR) is 60.0 cm³/mol. The van der Waals surface area contributed by atoms with Crippen molar-refractivity contribution in [3.8, 4) is 0 Å². The Labute approximate surface area is 89.3 Å². The molecule has 0 bridgehead atoms. The van der Waals surface area contributed by atoms with Crippen LogP contribution in [0, 0.1) is 0 Å². The summed E-state index contributed by atoms with van der Waals surface area (Å²) in [7, 11) is -4.14. The second kappa shape index (κ2) is 6.71. The van der Waals surface area contributed by atoms with Crippen LogP contribution in [-0.4, -0.2) is 15.8 Å². The average molecular weight is 232 g/mol. The summed E-state index contributed by atoms with van der Waals surface area (Å²) in [5.74, 6) is 0. The van der Waals surface area contributed by atoms with Crippen molar-refractivity contribution in [1.29, 1.82) is 0 Å². The van der Waals surface area contributed by atoms with E-state index in [0.717, 1.165) is 6.42 Å². The van der Waals surface area contributed by atoms with Gasteiger partial charge in [-0.1, -0.05) is 30.3 Å². The van der Waals surface area contributed by atoms with Gasteiger partial charge >= 0.3 is 7.75 Å². The SMILES string of the molecule is CC(N)Cc1ccccc1.NP(=O)(O)O. The summed E-state index contributed by atoms with van der Waals surface area (Å²) >= 11 is 0. The Hall–Kier alpha value is -0.710. The first kappa shape index (κ1) is 14.3. The van der Waals surface area contributed by atoms with Gasteiger partial charge < -0.3 is 15.5 Å². The zero-order valence-corrected chi connectivity index (χ0v) is 9.47. The number of hydrogen-bond acceptors (Lipinski definition) is 2. The molecule has 1 rings (SSSR count). The zero-order valence-electron chi connectivity index (χ0n) is 8.58. The van der Waals surface area contributed by atoms with Gasteiger partial charge in [-0.05, 0) is 18.9 Å². The number of rotatable bonds is 2. The van der Waals surface area contributed by atoms with Gasteiger partial charge in [-0.25, -0.2) is 10.1 Å². The van der Waals surface area contributed by atoms with E-state index in [1.165, 1.54) is 5.56 Å². The lowest BCUT2D eigenvalue weighted by Gasteiger charge is -2.02. The van der Waals surface area contributed by atoms with Crippen molar-refractivity contribution in [3.63, 3.8) is 0 Å². The summed E-state index contributed by atoms with van der Waals surface area (Å²) < 4.78 is 9.10. The van der Waals surface area contributed by atoms with E-state index in [1.807, 2.05) is 25.1 Å². The third kappa shape index (κ3) is 13.3. The Balaban J connectivity index is 0.000000336. The third-order valence-corrected chi connectivity index (χ3v) is 1.40. The first-order chi connectivity index (χ1) is 6.79. The van der Waals surface area contributed by atoms with E-state index in [-0.39, 0.29) is 6.04 Å². The van der Waals surface area contributed by atoms with Gasteiger partial charge in [0.1, 0.15) is 0 Å². The lowest BCUT2D eigenvalue weighted by molar-refractivity contribution is 0.374. The van der Waals surface area contributed by atoms with Crippen LogP contribution in [0.1, 0.15) is 12.5 Å². The molecule has 6 heteroatoms. The topological polar surface area (TPSA) is 110 Å². The molecule has 0 amide bonds. The van der Waals surface area contributed by atoms with Gasteiger partial charge in [-0.15, -0.1) is 0 Å². The monoisotopic (exact) mass is 232 g/mol. The summed E-state index contributed by atoms with van der Waals surface area (Å²) in [6.45, 7) is 2.02. The Kier molecular flexibility index (Phi) is 6.40. The van der Waals surface area contributed by atoms with Crippen molar-refractivity contribution < 1.29 is 14.4 Å². The van der Waals surface area contributed by atoms with Crippen LogP contribution in [0.25, 0.3) is 0 Å². The van der Waals surface area contributed by atoms with E-state index < -0.39 is 7.75 Å².